The molecule has 0 atom stereocenters. The van der Waals surface area contributed by atoms with E-state index in [4.69, 9.17) is 0 Å². The number of rotatable bonds is 8. The number of allylic oxidation sites excluding steroid dienone is 2. The Morgan fingerprint density at radius 2 is 1.61 bits per heavy atom. The van der Waals surface area contributed by atoms with Crippen molar-refractivity contribution >= 4 is 21.4 Å². The Kier molecular flexibility index (Phi) is 7.88. The highest BCUT2D eigenvalue weighted by Crippen LogP contribution is 2.32. The molecule has 0 amide bonds. The SMILES string of the molecule is Cc1ccc(S(=O)(=O)N2CCC(O)(C(=O)CCC(F)=C(c3ccccc3)C(C)C)CC2)cc1. The van der Waals surface area contributed by atoms with E-state index in [1.807, 2.05) is 51.1 Å². The Morgan fingerprint density at radius 3 is 2.15 bits per heavy atom. The second-order valence-electron chi connectivity index (χ2n) is 9.01. The van der Waals surface area contributed by atoms with Gasteiger partial charge in [-0.05, 0) is 49.0 Å². The van der Waals surface area contributed by atoms with Gasteiger partial charge < -0.3 is 5.11 Å². The van der Waals surface area contributed by atoms with Gasteiger partial charge in [-0.2, -0.15) is 4.31 Å². The molecule has 1 N–H and O–H groups in total. The fourth-order valence-corrected chi connectivity index (χ4v) is 5.69. The summed E-state index contributed by atoms with van der Waals surface area (Å²) < 4.78 is 42.1. The maximum Gasteiger partial charge on any atom is 0.243 e. The average Bonchev–Trinajstić information content (AvgIpc) is 2.78. The van der Waals surface area contributed by atoms with Gasteiger partial charge in [-0.3, -0.25) is 4.79 Å². The Labute approximate surface area is 196 Å². The zero-order valence-electron chi connectivity index (χ0n) is 19.4. The van der Waals surface area contributed by atoms with E-state index in [1.54, 1.807) is 24.3 Å². The maximum atomic E-state index is 15.0. The molecule has 0 aliphatic carbocycles. The van der Waals surface area contributed by atoms with Crippen LogP contribution in [0.2, 0.25) is 0 Å². The lowest BCUT2D eigenvalue weighted by Gasteiger charge is -2.36. The standard InChI is InChI=1S/C26H32FNO4S/c1-19(2)25(21-7-5-4-6-8-21)23(27)13-14-24(29)26(30)15-17-28(18-16-26)33(31,32)22-11-9-20(3)10-12-22/h4-12,19,30H,13-18H2,1-3H3. The van der Waals surface area contributed by atoms with Gasteiger partial charge >= 0.3 is 0 Å². The summed E-state index contributed by atoms with van der Waals surface area (Å²) in [4.78, 5) is 13.0. The number of benzene rings is 2. The summed E-state index contributed by atoms with van der Waals surface area (Å²) in [5.74, 6) is -0.852. The first-order chi connectivity index (χ1) is 15.5. The molecule has 7 heteroatoms. The molecule has 178 valence electrons. The van der Waals surface area contributed by atoms with E-state index in [2.05, 4.69) is 0 Å². The molecule has 2 aromatic rings. The van der Waals surface area contributed by atoms with Crippen LogP contribution in [0.3, 0.4) is 0 Å². The minimum absolute atomic E-state index is 0.00200. The van der Waals surface area contributed by atoms with Crippen LogP contribution in [-0.4, -0.2) is 42.3 Å². The van der Waals surface area contributed by atoms with Crippen LogP contribution in [-0.2, 0) is 14.8 Å². The molecule has 1 saturated heterocycles. The summed E-state index contributed by atoms with van der Waals surface area (Å²) in [6.45, 7) is 5.77. The first-order valence-electron chi connectivity index (χ1n) is 11.3. The number of piperidine rings is 1. The molecule has 33 heavy (non-hydrogen) atoms. The van der Waals surface area contributed by atoms with Crippen molar-refractivity contribution < 1.29 is 22.7 Å². The molecule has 1 heterocycles. The van der Waals surface area contributed by atoms with Crippen LogP contribution < -0.4 is 0 Å². The van der Waals surface area contributed by atoms with Gasteiger partial charge in [0, 0.05) is 25.9 Å². The number of aryl methyl sites for hydroxylation is 1. The van der Waals surface area contributed by atoms with Crippen molar-refractivity contribution in [2.75, 3.05) is 13.1 Å². The molecule has 0 radical (unpaired) electrons. The summed E-state index contributed by atoms with van der Waals surface area (Å²) in [7, 11) is -3.69. The smallest absolute Gasteiger partial charge is 0.243 e. The number of hydrogen-bond acceptors (Lipinski definition) is 4. The van der Waals surface area contributed by atoms with E-state index in [0.29, 0.717) is 5.57 Å². The van der Waals surface area contributed by atoms with Crippen molar-refractivity contribution in [1.82, 2.24) is 4.31 Å². The molecule has 0 bridgehead atoms. The molecule has 0 aromatic heterocycles. The minimum atomic E-state index is -3.69. The lowest BCUT2D eigenvalue weighted by atomic mass is 9.85. The fourth-order valence-electron chi connectivity index (χ4n) is 4.25. The number of aliphatic hydroxyl groups is 1. The minimum Gasteiger partial charge on any atom is -0.382 e. The van der Waals surface area contributed by atoms with E-state index in [1.165, 1.54) is 4.31 Å². The number of sulfonamides is 1. The van der Waals surface area contributed by atoms with E-state index < -0.39 is 21.4 Å². The van der Waals surface area contributed by atoms with Crippen LogP contribution in [0, 0.1) is 12.8 Å². The molecular weight excluding hydrogens is 441 g/mol. The number of hydrogen-bond donors (Lipinski definition) is 1. The van der Waals surface area contributed by atoms with Crippen molar-refractivity contribution in [3.8, 4) is 0 Å². The normalized spacial score (nSPS) is 17.6. The Balaban J connectivity index is 1.65. The number of carbonyl (C=O) groups excluding carboxylic acids is 1. The van der Waals surface area contributed by atoms with Crippen molar-refractivity contribution in [2.24, 2.45) is 5.92 Å². The van der Waals surface area contributed by atoms with E-state index >= 15 is 4.39 Å². The number of ketones is 1. The molecule has 5 nitrogen and oxygen atoms in total. The van der Waals surface area contributed by atoms with Gasteiger partial charge in [-0.1, -0.05) is 61.9 Å². The monoisotopic (exact) mass is 473 g/mol. The van der Waals surface area contributed by atoms with E-state index in [9.17, 15) is 18.3 Å². The van der Waals surface area contributed by atoms with Crippen LogP contribution in [0.1, 0.15) is 50.7 Å². The Morgan fingerprint density at radius 1 is 1.03 bits per heavy atom. The van der Waals surface area contributed by atoms with Crippen LogP contribution in [0.5, 0.6) is 0 Å². The first-order valence-corrected chi connectivity index (χ1v) is 12.7. The molecule has 0 spiro atoms. The predicted octanol–water partition coefficient (Wildman–Crippen LogP) is 4.90. The first kappa shape index (κ1) is 25.3. The number of nitrogens with zero attached hydrogens (tertiary/aromatic N) is 1. The second-order valence-corrected chi connectivity index (χ2v) is 10.9. The van der Waals surface area contributed by atoms with E-state index in [0.717, 1.165) is 11.1 Å². The lowest BCUT2D eigenvalue weighted by molar-refractivity contribution is -0.141. The van der Waals surface area contributed by atoms with Gasteiger partial charge in [-0.15, -0.1) is 0 Å². The van der Waals surface area contributed by atoms with Crippen LogP contribution in [0.4, 0.5) is 4.39 Å². The van der Waals surface area contributed by atoms with Crippen LogP contribution >= 0.6 is 0 Å². The van der Waals surface area contributed by atoms with Crippen molar-refractivity contribution in [2.45, 2.75) is 57.0 Å². The molecular formula is C26H32FNO4S. The van der Waals surface area contributed by atoms with Crippen LogP contribution in [0.25, 0.3) is 5.57 Å². The van der Waals surface area contributed by atoms with Gasteiger partial charge in [0.1, 0.15) is 11.4 Å². The Hall–Kier alpha value is -2.35. The number of halogens is 1. The van der Waals surface area contributed by atoms with Gasteiger partial charge in [0.25, 0.3) is 0 Å². The average molecular weight is 474 g/mol. The molecule has 0 saturated carbocycles. The van der Waals surface area contributed by atoms with Gasteiger partial charge in [0.05, 0.1) is 4.90 Å². The molecule has 1 fully saturated rings. The quantitative estimate of drug-likeness (QED) is 0.592. The molecule has 2 aromatic carbocycles. The van der Waals surface area contributed by atoms with Crippen LogP contribution in [0.15, 0.2) is 65.3 Å². The molecule has 0 unspecified atom stereocenters. The summed E-state index contributed by atoms with van der Waals surface area (Å²) in [5.41, 5.74) is 0.673. The highest BCUT2D eigenvalue weighted by atomic mass is 32.2. The maximum absolute atomic E-state index is 15.0. The highest BCUT2D eigenvalue weighted by molar-refractivity contribution is 7.89. The van der Waals surface area contributed by atoms with Gasteiger partial charge in [0.15, 0.2) is 5.78 Å². The molecule has 3 rings (SSSR count). The summed E-state index contributed by atoms with van der Waals surface area (Å²) in [5, 5.41) is 10.9. The summed E-state index contributed by atoms with van der Waals surface area (Å²) in [6.07, 6.45) is -0.221. The lowest BCUT2D eigenvalue weighted by Crippen LogP contribution is -2.50. The summed E-state index contributed by atoms with van der Waals surface area (Å²) >= 11 is 0. The van der Waals surface area contributed by atoms with Crippen molar-refractivity contribution in [3.63, 3.8) is 0 Å². The largest absolute Gasteiger partial charge is 0.382 e. The topological polar surface area (TPSA) is 74.7 Å². The third kappa shape index (κ3) is 5.78. The predicted molar refractivity (Wildman–Crippen MR) is 128 cm³/mol. The summed E-state index contributed by atoms with van der Waals surface area (Å²) in [6, 6.07) is 15.8. The third-order valence-electron chi connectivity index (χ3n) is 6.25. The zero-order chi connectivity index (χ0) is 24.2. The zero-order valence-corrected chi connectivity index (χ0v) is 20.2. The molecule has 1 aliphatic heterocycles. The Bertz CT molecular complexity index is 1100. The number of carbonyl (C=O) groups is 1. The molecule has 1 aliphatic rings. The number of Topliss-reactive ketones (excluding diaryl/α,β-unsaturated/α-hetero) is 1. The van der Waals surface area contributed by atoms with E-state index in [-0.39, 0.29) is 55.4 Å². The van der Waals surface area contributed by atoms with Gasteiger partial charge in [0.2, 0.25) is 10.0 Å². The van der Waals surface area contributed by atoms with Crippen molar-refractivity contribution in [3.05, 3.63) is 71.6 Å². The fraction of sp³-hybridized carbons (Fsp3) is 0.423. The van der Waals surface area contributed by atoms with Crippen molar-refractivity contribution in [1.29, 1.82) is 0 Å². The van der Waals surface area contributed by atoms with Gasteiger partial charge in [-0.25, -0.2) is 12.8 Å². The third-order valence-corrected chi connectivity index (χ3v) is 8.17. The highest BCUT2D eigenvalue weighted by Gasteiger charge is 2.41. The second kappa shape index (κ2) is 10.3.